The Kier molecular flexibility index (Phi) is 7.14. The van der Waals surface area contributed by atoms with Crippen molar-refractivity contribution in [1.82, 2.24) is 9.62 Å². The Morgan fingerprint density at radius 3 is 2.35 bits per heavy atom. The van der Waals surface area contributed by atoms with E-state index in [-0.39, 0.29) is 23.1 Å². The van der Waals surface area contributed by atoms with E-state index in [4.69, 9.17) is 9.15 Å². The van der Waals surface area contributed by atoms with Crippen LogP contribution in [-0.2, 0) is 23.0 Å². The number of aryl methyl sites for hydroxylation is 1. The lowest BCUT2D eigenvalue weighted by atomic mass is 10.1. The van der Waals surface area contributed by atoms with Crippen LogP contribution >= 0.6 is 0 Å². The third-order valence-electron chi connectivity index (χ3n) is 4.85. The van der Waals surface area contributed by atoms with Crippen molar-refractivity contribution in [2.24, 2.45) is 0 Å². The highest BCUT2D eigenvalue weighted by Crippen LogP contribution is 2.18. The fourth-order valence-electron chi connectivity index (χ4n) is 2.98. The molecule has 0 aliphatic carbocycles. The van der Waals surface area contributed by atoms with Gasteiger partial charge in [0.05, 0.1) is 18.6 Å². The smallest absolute Gasteiger partial charge is 0.287 e. The number of sulfonamides is 1. The number of amides is 1. The maximum absolute atomic E-state index is 12.7. The Morgan fingerprint density at radius 2 is 1.71 bits per heavy atom. The Labute approximate surface area is 182 Å². The Hall–Kier alpha value is -3.10. The number of furan rings is 1. The van der Waals surface area contributed by atoms with Gasteiger partial charge in [-0.15, -0.1) is 0 Å². The van der Waals surface area contributed by atoms with E-state index in [1.807, 2.05) is 31.2 Å². The second kappa shape index (κ2) is 9.80. The number of nitrogens with zero attached hydrogens (tertiary/aromatic N) is 1. The first-order chi connectivity index (χ1) is 14.8. The predicted octanol–water partition coefficient (Wildman–Crippen LogP) is 3.39. The first-order valence-corrected chi connectivity index (χ1v) is 11.3. The number of ether oxygens (including phenoxy) is 1. The zero-order valence-electron chi connectivity index (χ0n) is 17.8. The minimum Gasteiger partial charge on any atom is -0.497 e. The van der Waals surface area contributed by atoms with Crippen molar-refractivity contribution in [3.8, 4) is 5.75 Å². The first-order valence-electron chi connectivity index (χ1n) is 9.82. The van der Waals surface area contributed by atoms with Gasteiger partial charge in [0.1, 0.15) is 11.5 Å². The largest absolute Gasteiger partial charge is 0.497 e. The first kappa shape index (κ1) is 22.6. The van der Waals surface area contributed by atoms with Gasteiger partial charge in [0, 0.05) is 13.6 Å². The summed E-state index contributed by atoms with van der Waals surface area (Å²) in [6, 6.07) is 17.4. The number of benzene rings is 2. The number of hydrogen-bond acceptors (Lipinski definition) is 5. The highest BCUT2D eigenvalue weighted by atomic mass is 32.2. The van der Waals surface area contributed by atoms with Crippen molar-refractivity contribution in [2.75, 3.05) is 20.7 Å². The fourth-order valence-corrected chi connectivity index (χ4v) is 4.12. The molecule has 0 bridgehead atoms. The van der Waals surface area contributed by atoms with Crippen molar-refractivity contribution < 1.29 is 22.4 Å². The molecule has 0 radical (unpaired) electrons. The summed E-state index contributed by atoms with van der Waals surface area (Å²) >= 11 is 0. The summed E-state index contributed by atoms with van der Waals surface area (Å²) in [5.41, 5.74) is 2.06. The molecular formula is C23H26N2O5S. The molecule has 3 rings (SSSR count). The number of nitrogens with one attached hydrogen (secondary N) is 1. The highest BCUT2D eigenvalue weighted by Gasteiger charge is 2.22. The zero-order chi connectivity index (χ0) is 22.4. The summed E-state index contributed by atoms with van der Waals surface area (Å²) in [6.07, 6.45) is 0.667. The normalized spacial score (nSPS) is 11.5. The lowest BCUT2D eigenvalue weighted by Gasteiger charge is -2.16. The molecule has 0 aliphatic heterocycles. The zero-order valence-corrected chi connectivity index (χ0v) is 18.6. The molecule has 0 saturated carbocycles. The van der Waals surface area contributed by atoms with E-state index in [2.05, 4.69) is 5.32 Å². The molecule has 1 N–H and O–H groups in total. The monoisotopic (exact) mass is 442 g/mol. The van der Waals surface area contributed by atoms with Gasteiger partial charge in [-0.3, -0.25) is 4.79 Å². The maximum atomic E-state index is 12.7. The molecular weight excluding hydrogens is 416 g/mol. The van der Waals surface area contributed by atoms with Crippen molar-refractivity contribution in [1.29, 1.82) is 0 Å². The summed E-state index contributed by atoms with van der Waals surface area (Å²) in [6.45, 7) is 2.37. The van der Waals surface area contributed by atoms with E-state index < -0.39 is 10.0 Å². The molecule has 0 fully saturated rings. The van der Waals surface area contributed by atoms with Crippen LogP contribution in [0.15, 0.2) is 70.0 Å². The SMILES string of the molecule is COc1ccc(CCNC(=O)c2ccc(CN(C)S(=O)(=O)c3ccc(C)cc3)o2)cc1. The minimum absolute atomic E-state index is 0.0232. The number of carbonyl (C=O) groups excluding carboxylic acids is 1. The van der Waals surface area contributed by atoms with Crippen molar-refractivity contribution >= 4 is 15.9 Å². The summed E-state index contributed by atoms with van der Waals surface area (Å²) < 4.78 is 37.3. The summed E-state index contributed by atoms with van der Waals surface area (Å²) in [4.78, 5) is 12.5. The number of carbonyl (C=O) groups is 1. The lowest BCUT2D eigenvalue weighted by molar-refractivity contribution is 0.0924. The van der Waals surface area contributed by atoms with Gasteiger partial charge in [0.25, 0.3) is 5.91 Å². The molecule has 2 aromatic carbocycles. The Morgan fingerprint density at radius 1 is 1.03 bits per heavy atom. The third kappa shape index (κ3) is 5.74. The molecule has 8 heteroatoms. The van der Waals surface area contributed by atoms with E-state index in [9.17, 15) is 13.2 Å². The van der Waals surface area contributed by atoms with Gasteiger partial charge in [-0.25, -0.2) is 8.42 Å². The molecule has 0 saturated heterocycles. The van der Waals surface area contributed by atoms with Crippen molar-refractivity contribution in [3.05, 3.63) is 83.3 Å². The van der Waals surface area contributed by atoms with Crippen molar-refractivity contribution in [2.45, 2.75) is 24.8 Å². The highest BCUT2D eigenvalue weighted by molar-refractivity contribution is 7.89. The van der Waals surface area contributed by atoms with Crippen LogP contribution in [0, 0.1) is 6.92 Å². The van der Waals surface area contributed by atoms with Gasteiger partial charge in [-0.2, -0.15) is 4.31 Å². The van der Waals surface area contributed by atoms with Crippen LogP contribution < -0.4 is 10.1 Å². The molecule has 3 aromatic rings. The van der Waals surface area contributed by atoms with Gasteiger partial charge < -0.3 is 14.5 Å². The van der Waals surface area contributed by atoms with Gasteiger partial charge in [0.2, 0.25) is 10.0 Å². The average molecular weight is 443 g/mol. The quantitative estimate of drug-likeness (QED) is 0.549. The van der Waals surface area contributed by atoms with E-state index in [1.165, 1.54) is 11.4 Å². The van der Waals surface area contributed by atoms with Crippen LogP contribution in [-0.4, -0.2) is 39.3 Å². The standard InChI is InChI=1S/C23H26N2O5S/c1-17-4-11-21(12-5-17)31(27,28)25(2)16-20-10-13-22(30-20)23(26)24-15-14-18-6-8-19(29-3)9-7-18/h4-13H,14-16H2,1-3H3,(H,24,26). The molecule has 0 unspecified atom stereocenters. The van der Waals surface area contributed by atoms with Crippen molar-refractivity contribution in [3.63, 3.8) is 0 Å². The van der Waals surface area contributed by atoms with Crippen LogP contribution in [0.5, 0.6) is 5.75 Å². The van der Waals surface area contributed by atoms with Gasteiger partial charge in [-0.05, 0) is 55.3 Å². The van der Waals surface area contributed by atoms with Gasteiger partial charge >= 0.3 is 0 Å². The van der Waals surface area contributed by atoms with E-state index in [1.54, 1.807) is 43.5 Å². The number of rotatable bonds is 9. The topological polar surface area (TPSA) is 88.9 Å². The molecule has 0 aliphatic rings. The molecule has 0 atom stereocenters. The summed E-state index contributed by atoms with van der Waals surface area (Å²) in [5, 5.41) is 2.81. The number of methoxy groups -OCH3 is 1. The van der Waals surface area contributed by atoms with Crippen LogP contribution in [0.4, 0.5) is 0 Å². The second-order valence-electron chi connectivity index (χ2n) is 7.19. The Balaban J connectivity index is 1.55. The second-order valence-corrected chi connectivity index (χ2v) is 9.24. The van der Waals surface area contributed by atoms with Crippen LogP contribution in [0.25, 0.3) is 0 Å². The maximum Gasteiger partial charge on any atom is 0.287 e. The third-order valence-corrected chi connectivity index (χ3v) is 6.67. The molecule has 0 spiro atoms. The molecule has 1 aromatic heterocycles. The fraction of sp³-hybridized carbons (Fsp3) is 0.261. The number of hydrogen-bond donors (Lipinski definition) is 1. The van der Waals surface area contributed by atoms with Crippen LogP contribution in [0.3, 0.4) is 0 Å². The van der Waals surface area contributed by atoms with E-state index in [0.717, 1.165) is 16.9 Å². The molecule has 1 amide bonds. The van der Waals surface area contributed by atoms with Gasteiger partial charge in [-0.1, -0.05) is 29.8 Å². The van der Waals surface area contributed by atoms with E-state index in [0.29, 0.717) is 18.7 Å². The molecule has 1 heterocycles. The lowest BCUT2D eigenvalue weighted by Crippen LogP contribution is -2.26. The van der Waals surface area contributed by atoms with E-state index >= 15 is 0 Å². The van der Waals surface area contributed by atoms with Gasteiger partial charge in [0.15, 0.2) is 5.76 Å². The molecule has 164 valence electrons. The van der Waals surface area contributed by atoms with Crippen LogP contribution in [0.2, 0.25) is 0 Å². The van der Waals surface area contributed by atoms with Crippen LogP contribution in [0.1, 0.15) is 27.4 Å². The minimum atomic E-state index is -3.65. The average Bonchev–Trinajstić information content (AvgIpc) is 3.23. The summed E-state index contributed by atoms with van der Waals surface area (Å²) in [5.74, 6) is 0.971. The Bertz CT molecular complexity index is 1120. The molecule has 31 heavy (non-hydrogen) atoms. The molecule has 7 nitrogen and oxygen atoms in total. The summed E-state index contributed by atoms with van der Waals surface area (Å²) in [7, 11) is -0.559. The predicted molar refractivity (Wildman–Crippen MR) is 118 cm³/mol.